The highest BCUT2D eigenvalue weighted by molar-refractivity contribution is 5.79. The van der Waals surface area contributed by atoms with Gasteiger partial charge in [0.05, 0.1) is 25.8 Å². The summed E-state index contributed by atoms with van der Waals surface area (Å²) in [5.74, 6) is 0.990. The second kappa shape index (κ2) is 8.52. The number of hydrogen-bond donors (Lipinski definition) is 0. The molecule has 0 amide bonds. The zero-order chi connectivity index (χ0) is 15.7. The van der Waals surface area contributed by atoms with E-state index in [4.69, 9.17) is 14.2 Å². The highest BCUT2D eigenvalue weighted by atomic mass is 16.5. The molecule has 6 nitrogen and oxygen atoms in total. The lowest BCUT2D eigenvalue weighted by molar-refractivity contribution is 0.112. The lowest BCUT2D eigenvalue weighted by Gasteiger charge is -2.08. The molecule has 2 aromatic rings. The van der Waals surface area contributed by atoms with Gasteiger partial charge in [0, 0.05) is 0 Å². The third-order valence-corrected chi connectivity index (χ3v) is 2.32. The van der Waals surface area contributed by atoms with E-state index < -0.39 is 0 Å². The first-order valence-corrected chi connectivity index (χ1v) is 6.46. The first-order valence-electron chi connectivity index (χ1n) is 6.46. The van der Waals surface area contributed by atoms with Crippen molar-refractivity contribution in [2.24, 2.45) is 0 Å². The minimum Gasteiger partial charge on any atom is -0.481 e. The van der Waals surface area contributed by atoms with Crippen molar-refractivity contribution < 1.29 is 19.0 Å². The molecular weight excluding hydrogens is 272 g/mol. The molecule has 0 atom stereocenters. The summed E-state index contributed by atoms with van der Waals surface area (Å²) in [6, 6.07) is 8.35. The number of ether oxygens (including phenoxy) is 3. The average molecular weight is 290 g/mol. The Morgan fingerprint density at radius 1 is 1.00 bits per heavy atom. The Hall–Kier alpha value is -2.63. The van der Waals surface area contributed by atoms with Crippen LogP contribution in [0.5, 0.6) is 23.5 Å². The molecule has 6 heteroatoms. The molecule has 0 saturated heterocycles. The smallest absolute Gasteiger partial charge is 0.328 e. The number of hydrogen-bond acceptors (Lipinski definition) is 6. The molecular formula is C15H18N2O4. The van der Waals surface area contributed by atoms with Crippen LogP contribution in [0.2, 0.25) is 0 Å². The number of aldehydes is 1. The van der Waals surface area contributed by atoms with Gasteiger partial charge in [-0.05, 0) is 12.1 Å². The van der Waals surface area contributed by atoms with Crippen LogP contribution in [0.4, 0.5) is 0 Å². The van der Waals surface area contributed by atoms with Gasteiger partial charge in [0.15, 0.2) is 6.29 Å². The Morgan fingerprint density at radius 2 is 1.57 bits per heavy atom. The third-order valence-electron chi connectivity index (χ3n) is 2.32. The lowest BCUT2D eigenvalue weighted by atomic mass is 10.2. The van der Waals surface area contributed by atoms with Crippen LogP contribution in [0.15, 0.2) is 30.3 Å². The molecule has 2 rings (SSSR count). The number of nitrogens with zero attached hydrogens (tertiary/aromatic N) is 2. The SMILES string of the molecule is CC.COc1cc(OC)nc(Oc2ccccc2C=O)n1. The Kier molecular flexibility index (Phi) is 6.67. The van der Waals surface area contributed by atoms with Crippen molar-refractivity contribution >= 4 is 6.29 Å². The van der Waals surface area contributed by atoms with E-state index in [1.165, 1.54) is 20.3 Å². The Bertz CT molecular complexity index is 565. The van der Waals surface area contributed by atoms with Crippen LogP contribution in [0.25, 0.3) is 0 Å². The molecule has 1 heterocycles. The lowest BCUT2D eigenvalue weighted by Crippen LogP contribution is -1.99. The molecule has 1 aromatic heterocycles. The minimum atomic E-state index is 0.0468. The largest absolute Gasteiger partial charge is 0.481 e. The van der Waals surface area contributed by atoms with Gasteiger partial charge in [0.2, 0.25) is 11.8 Å². The van der Waals surface area contributed by atoms with Gasteiger partial charge >= 0.3 is 6.01 Å². The first kappa shape index (κ1) is 16.4. The zero-order valence-corrected chi connectivity index (χ0v) is 12.5. The summed E-state index contributed by atoms with van der Waals surface area (Å²) in [4.78, 5) is 18.9. The fourth-order valence-electron chi connectivity index (χ4n) is 1.41. The van der Waals surface area contributed by atoms with E-state index in [0.717, 1.165) is 0 Å². The molecule has 0 aliphatic carbocycles. The maximum Gasteiger partial charge on any atom is 0.328 e. The average Bonchev–Trinajstić information content (AvgIpc) is 2.56. The second-order valence-corrected chi connectivity index (χ2v) is 3.49. The monoisotopic (exact) mass is 290 g/mol. The number of methoxy groups -OCH3 is 2. The highest BCUT2D eigenvalue weighted by Crippen LogP contribution is 2.25. The molecule has 0 unspecified atom stereocenters. The maximum absolute atomic E-state index is 10.9. The van der Waals surface area contributed by atoms with Crippen molar-refractivity contribution in [2.75, 3.05) is 14.2 Å². The number of carbonyl (C=O) groups excluding carboxylic acids is 1. The molecule has 0 N–H and O–H groups in total. The summed E-state index contributed by atoms with van der Waals surface area (Å²) in [6.45, 7) is 4.00. The van der Waals surface area contributed by atoms with E-state index in [1.54, 1.807) is 24.3 Å². The van der Waals surface area contributed by atoms with Crippen molar-refractivity contribution in [3.05, 3.63) is 35.9 Å². The van der Waals surface area contributed by atoms with Crippen molar-refractivity contribution in [3.63, 3.8) is 0 Å². The molecule has 21 heavy (non-hydrogen) atoms. The quantitative estimate of drug-likeness (QED) is 0.788. The van der Waals surface area contributed by atoms with Crippen molar-refractivity contribution in [2.45, 2.75) is 13.8 Å². The molecule has 112 valence electrons. The third kappa shape index (κ3) is 4.45. The Morgan fingerprint density at radius 3 is 2.10 bits per heavy atom. The van der Waals surface area contributed by atoms with E-state index >= 15 is 0 Å². The summed E-state index contributed by atoms with van der Waals surface area (Å²) in [7, 11) is 2.95. The van der Waals surface area contributed by atoms with Crippen LogP contribution >= 0.6 is 0 Å². The molecule has 0 spiro atoms. The van der Waals surface area contributed by atoms with E-state index in [0.29, 0.717) is 29.4 Å². The van der Waals surface area contributed by atoms with Crippen LogP contribution in [-0.2, 0) is 0 Å². The van der Waals surface area contributed by atoms with E-state index in [1.807, 2.05) is 13.8 Å². The number of para-hydroxylation sites is 1. The van der Waals surface area contributed by atoms with Gasteiger partial charge in [-0.2, -0.15) is 9.97 Å². The van der Waals surface area contributed by atoms with Crippen LogP contribution in [0.3, 0.4) is 0 Å². The van der Waals surface area contributed by atoms with Gasteiger partial charge in [-0.15, -0.1) is 0 Å². The standard InChI is InChI=1S/C13H12N2O4.C2H6/c1-17-11-7-12(18-2)15-13(14-11)19-10-6-4-3-5-9(10)8-16;1-2/h3-8H,1-2H3;1-2H3. The van der Waals surface area contributed by atoms with Gasteiger partial charge in [-0.25, -0.2) is 0 Å². The Labute approximate surface area is 123 Å². The van der Waals surface area contributed by atoms with Crippen LogP contribution in [0, 0.1) is 0 Å². The minimum absolute atomic E-state index is 0.0468. The van der Waals surface area contributed by atoms with Crippen LogP contribution in [-0.4, -0.2) is 30.5 Å². The number of carbonyl (C=O) groups is 1. The highest BCUT2D eigenvalue weighted by Gasteiger charge is 2.09. The molecule has 0 aliphatic rings. The van der Waals surface area contributed by atoms with Crippen molar-refractivity contribution in [1.82, 2.24) is 9.97 Å². The molecule has 0 bridgehead atoms. The zero-order valence-electron chi connectivity index (χ0n) is 12.5. The molecule has 0 saturated carbocycles. The normalized spacial score (nSPS) is 9.14. The Balaban J connectivity index is 0.00000106. The summed E-state index contributed by atoms with van der Waals surface area (Å²) in [5, 5.41) is 0. The summed E-state index contributed by atoms with van der Waals surface area (Å²) in [5.41, 5.74) is 0.410. The summed E-state index contributed by atoms with van der Waals surface area (Å²) < 4.78 is 15.5. The van der Waals surface area contributed by atoms with Crippen molar-refractivity contribution in [1.29, 1.82) is 0 Å². The fraction of sp³-hybridized carbons (Fsp3) is 0.267. The predicted molar refractivity (Wildman–Crippen MR) is 78.4 cm³/mol. The van der Waals surface area contributed by atoms with E-state index in [-0.39, 0.29) is 6.01 Å². The van der Waals surface area contributed by atoms with Gasteiger partial charge in [-0.1, -0.05) is 26.0 Å². The topological polar surface area (TPSA) is 70.5 Å². The summed E-state index contributed by atoms with van der Waals surface area (Å²) >= 11 is 0. The number of benzene rings is 1. The van der Waals surface area contributed by atoms with Gasteiger partial charge < -0.3 is 14.2 Å². The van der Waals surface area contributed by atoms with Crippen LogP contribution in [0.1, 0.15) is 24.2 Å². The van der Waals surface area contributed by atoms with Gasteiger partial charge in [-0.3, -0.25) is 4.79 Å². The van der Waals surface area contributed by atoms with E-state index in [9.17, 15) is 4.79 Å². The molecule has 0 aliphatic heterocycles. The predicted octanol–water partition coefficient (Wildman–Crippen LogP) is 3.12. The first-order chi connectivity index (χ1) is 10.3. The summed E-state index contributed by atoms with van der Waals surface area (Å²) in [6.07, 6.45) is 0.701. The van der Waals surface area contributed by atoms with Crippen molar-refractivity contribution in [3.8, 4) is 23.5 Å². The molecule has 1 aromatic carbocycles. The van der Waals surface area contributed by atoms with E-state index in [2.05, 4.69) is 9.97 Å². The van der Waals surface area contributed by atoms with Gasteiger partial charge in [0.25, 0.3) is 0 Å². The molecule has 0 fully saturated rings. The van der Waals surface area contributed by atoms with Crippen LogP contribution < -0.4 is 14.2 Å². The number of aromatic nitrogens is 2. The molecule has 0 radical (unpaired) electrons. The second-order valence-electron chi connectivity index (χ2n) is 3.49. The maximum atomic E-state index is 10.9. The number of rotatable bonds is 5. The fourth-order valence-corrected chi connectivity index (χ4v) is 1.41. The van der Waals surface area contributed by atoms with Gasteiger partial charge in [0.1, 0.15) is 5.75 Å².